The van der Waals surface area contributed by atoms with E-state index in [1.54, 1.807) is 24.3 Å². The molecule has 0 aliphatic carbocycles. The van der Waals surface area contributed by atoms with Gasteiger partial charge in [-0.1, -0.05) is 36.9 Å². The first-order valence-corrected chi connectivity index (χ1v) is 10.3. The molecular formula is C16H21NO2Si. The molecule has 2 amide bonds. The highest BCUT2D eigenvalue weighted by Crippen LogP contribution is 2.25. The van der Waals surface area contributed by atoms with Crippen LogP contribution < -0.4 is 0 Å². The Morgan fingerprint density at radius 3 is 2.05 bits per heavy atom. The topological polar surface area (TPSA) is 37.4 Å². The van der Waals surface area contributed by atoms with Crippen molar-refractivity contribution in [2.75, 3.05) is 6.17 Å². The fourth-order valence-electron chi connectivity index (χ4n) is 2.36. The van der Waals surface area contributed by atoms with Crippen molar-refractivity contribution in [1.82, 2.24) is 4.90 Å². The van der Waals surface area contributed by atoms with E-state index in [2.05, 4.69) is 33.0 Å². The van der Waals surface area contributed by atoms with Crippen LogP contribution in [0.2, 0.25) is 19.1 Å². The van der Waals surface area contributed by atoms with E-state index in [1.165, 1.54) is 10.5 Å². The summed E-state index contributed by atoms with van der Waals surface area (Å²) in [5.41, 5.74) is 2.38. The second-order valence-electron chi connectivity index (χ2n) is 6.39. The van der Waals surface area contributed by atoms with Gasteiger partial charge in [0.25, 0.3) is 11.8 Å². The molecule has 1 aliphatic heterocycles. The van der Waals surface area contributed by atoms with Crippen molar-refractivity contribution in [3.63, 3.8) is 0 Å². The van der Waals surface area contributed by atoms with Gasteiger partial charge in [0.05, 0.1) is 19.2 Å². The van der Waals surface area contributed by atoms with E-state index in [-0.39, 0.29) is 11.8 Å². The van der Waals surface area contributed by atoms with Gasteiger partial charge in [0, 0.05) is 6.17 Å². The molecule has 0 bridgehead atoms. The van der Waals surface area contributed by atoms with E-state index in [0.29, 0.717) is 17.3 Å². The van der Waals surface area contributed by atoms with Crippen LogP contribution in [-0.4, -0.2) is 31.0 Å². The molecule has 0 radical (unpaired) electrons. The average molecular weight is 287 g/mol. The van der Waals surface area contributed by atoms with Crippen molar-refractivity contribution in [3.8, 4) is 0 Å². The summed E-state index contributed by atoms with van der Waals surface area (Å²) in [5, 5.41) is 0. The van der Waals surface area contributed by atoms with Crippen molar-refractivity contribution >= 4 is 19.9 Å². The van der Waals surface area contributed by atoms with Crippen LogP contribution >= 0.6 is 0 Å². The molecule has 0 spiro atoms. The van der Waals surface area contributed by atoms with E-state index in [0.717, 1.165) is 6.04 Å². The van der Waals surface area contributed by atoms with Gasteiger partial charge >= 0.3 is 0 Å². The predicted octanol–water partition coefficient (Wildman–Crippen LogP) is 3.50. The number of nitrogens with zero attached hydrogens (tertiary/aromatic N) is 1. The number of hydrogen-bond donors (Lipinski definition) is 0. The SMILES string of the molecule is CC(C)=CC[Si](C)(C)CN1C(=O)c2ccccc2C1=O. The lowest BCUT2D eigenvalue weighted by atomic mass is 10.1. The Hall–Kier alpha value is -1.68. The van der Waals surface area contributed by atoms with Gasteiger partial charge in [-0.05, 0) is 32.0 Å². The molecule has 2 rings (SSSR count). The van der Waals surface area contributed by atoms with Crippen LogP contribution in [0.4, 0.5) is 0 Å². The Kier molecular flexibility index (Phi) is 3.95. The minimum absolute atomic E-state index is 0.136. The van der Waals surface area contributed by atoms with E-state index in [9.17, 15) is 9.59 Å². The molecule has 0 N–H and O–H groups in total. The first-order valence-electron chi connectivity index (χ1n) is 6.90. The number of imide groups is 1. The third-order valence-electron chi connectivity index (χ3n) is 3.53. The summed E-state index contributed by atoms with van der Waals surface area (Å²) < 4.78 is 0. The van der Waals surface area contributed by atoms with Crippen LogP contribution in [-0.2, 0) is 0 Å². The molecule has 0 atom stereocenters. The molecule has 0 fully saturated rings. The number of hydrogen-bond acceptors (Lipinski definition) is 2. The third-order valence-corrected chi connectivity index (χ3v) is 6.01. The standard InChI is InChI=1S/C16H21NO2Si/c1-12(2)9-10-20(3,4)11-17-15(18)13-7-5-6-8-14(13)16(17)19/h5-9H,10-11H2,1-4H3. The average Bonchev–Trinajstić information content (AvgIpc) is 2.62. The van der Waals surface area contributed by atoms with Gasteiger partial charge in [0.15, 0.2) is 0 Å². The Balaban J connectivity index is 2.18. The molecule has 3 nitrogen and oxygen atoms in total. The van der Waals surface area contributed by atoms with E-state index in [1.807, 2.05) is 0 Å². The zero-order chi connectivity index (χ0) is 14.9. The second kappa shape index (κ2) is 5.36. The fourth-order valence-corrected chi connectivity index (χ4v) is 4.59. The number of amides is 2. The summed E-state index contributed by atoms with van der Waals surface area (Å²) in [7, 11) is -1.65. The molecule has 1 aromatic carbocycles. The highest BCUT2D eigenvalue weighted by molar-refractivity contribution is 6.78. The first-order chi connectivity index (χ1) is 9.32. The predicted molar refractivity (Wildman–Crippen MR) is 83.5 cm³/mol. The van der Waals surface area contributed by atoms with Crippen LogP contribution in [0.25, 0.3) is 0 Å². The molecular weight excluding hydrogens is 266 g/mol. The fraction of sp³-hybridized carbons (Fsp3) is 0.375. The van der Waals surface area contributed by atoms with Crippen LogP contribution in [0.15, 0.2) is 35.9 Å². The third kappa shape index (κ3) is 2.90. The van der Waals surface area contributed by atoms with Crippen molar-refractivity contribution in [2.45, 2.75) is 33.0 Å². The summed E-state index contributed by atoms with van der Waals surface area (Å²) in [4.78, 5) is 26.1. The minimum atomic E-state index is -1.65. The van der Waals surface area contributed by atoms with Crippen LogP contribution in [0.3, 0.4) is 0 Å². The summed E-state index contributed by atoms with van der Waals surface area (Å²) in [6, 6.07) is 8.07. The maximum atomic E-state index is 12.3. The van der Waals surface area contributed by atoms with Crippen molar-refractivity contribution in [3.05, 3.63) is 47.0 Å². The van der Waals surface area contributed by atoms with E-state index >= 15 is 0 Å². The quantitative estimate of drug-likeness (QED) is 0.483. The molecule has 20 heavy (non-hydrogen) atoms. The molecule has 106 valence electrons. The molecule has 0 unspecified atom stereocenters. The van der Waals surface area contributed by atoms with Gasteiger partial charge in [0.2, 0.25) is 0 Å². The highest BCUT2D eigenvalue weighted by Gasteiger charge is 2.38. The summed E-state index contributed by atoms with van der Waals surface area (Å²) in [6.07, 6.45) is 2.80. The van der Waals surface area contributed by atoms with Crippen LogP contribution in [0.1, 0.15) is 34.6 Å². The zero-order valence-corrected chi connectivity index (χ0v) is 13.6. The molecule has 0 aromatic heterocycles. The maximum Gasteiger partial charge on any atom is 0.261 e. The lowest BCUT2D eigenvalue weighted by molar-refractivity contribution is 0.0678. The highest BCUT2D eigenvalue weighted by atomic mass is 28.3. The van der Waals surface area contributed by atoms with Gasteiger partial charge < -0.3 is 0 Å². The van der Waals surface area contributed by atoms with Crippen molar-refractivity contribution in [2.24, 2.45) is 0 Å². The van der Waals surface area contributed by atoms with E-state index < -0.39 is 8.07 Å². The Bertz CT molecular complexity index is 551. The molecule has 1 aromatic rings. The summed E-state index contributed by atoms with van der Waals surface area (Å²) >= 11 is 0. The number of allylic oxidation sites excluding steroid dienone is 2. The van der Waals surface area contributed by atoms with Gasteiger partial charge in [-0.15, -0.1) is 0 Å². The summed E-state index contributed by atoms with van der Waals surface area (Å²) in [5.74, 6) is -0.272. The Morgan fingerprint density at radius 2 is 1.60 bits per heavy atom. The zero-order valence-electron chi connectivity index (χ0n) is 12.6. The molecule has 0 saturated heterocycles. The number of rotatable bonds is 4. The van der Waals surface area contributed by atoms with E-state index in [4.69, 9.17) is 0 Å². The second-order valence-corrected chi connectivity index (χ2v) is 11.4. The maximum absolute atomic E-state index is 12.3. The van der Waals surface area contributed by atoms with Gasteiger partial charge in [0.1, 0.15) is 0 Å². The largest absolute Gasteiger partial charge is 0.277 e. The van der Waals surface area contributed by atoms with Crippen LogP contribution in [0, 0.1) is 0 Å². The first kappa shape index (κ1) is 14.7. The van der Waals surface area contributed by atoms with Crippen LogP contribution in [0.5, 0.6) is 0 Å². The van der Waals surface area contributed by atoms with Crippen molar-refractivity contribution < 1.29 is 9.59 Å². The number of carbonyl (C=O) groups is 2. The molecule has 4 heteroatoms. The normalized spacial score (nSPS) is 14.5. The van der Waals surface area contributed by atoms with Crippen molar-refractivity contribution in [1.29, 1.82) is 0 Å². The Morgan fingerprint density at radius 1 is 1.10 bits per heavy atom. The Labute approximate surface area is 121 Å². The molecule has 1 heterocycles. The lowest BCUT2D eigenvalue weighted by Gasteiger charge is -2.26. The van der Waals surface area contributed by atoms with Gasteiger partial charge in [-0.25, -0.2) is 0 Å². The smallest absolute Gasteiger partial charge is 0.261 e. The monoisotopic (exact) mass is 287 g/mol. The van der Waals surface area contributed by atoms with Gasteiger partial charge in [-0.2, -0.15) is 0 Å². The number of benzene rings is 1. The lowest BCUT2D eigenvalue weighted by Crippen LogP contribution is -2.45. The number of carbonyl (C=O) groups excluding carboxylic acids is 2. The minimum Gasteiger partial charge on any atom is -0.277 e. The van der Waals surface area contributed by atoms with Gasteiger partial charge in [-0.3, -0.25) is 14.5 Å². The molecule has 1 aliphatic rings. The summed E-state index contributed by atoms with van der Waals surface area (Å²) in [6.45, 7) is 8.59. The molecule has 0 saturated carbocycles. The number of fused-ring (bicyclic) bond motifs is 1.